The Balaban J connectivity index is 2.66. The maximum Gasteiger partial charge on any atom is 0.341 e. The molecule has 1 aromatic carbocycles. The summed E-state index contributed by atoms with van der Waals surface area (Å²) < 4.78 is 37.3. The van der Waals surface area contributed by atoms with Gasteiger partial charge in [0.1, 0.15) is 0 Å². The second-order valence-corrected chi connectivity index (χ2v) is 4.37. The largest absolute Gasteiger partial charge is 0.490 e. The summed E-state index contributed by atoms with van der Waals surface area (Å²) in [5.41, 5.74) is -0.414. The Morgan fingerprint density at radius 1 is 1.10 bits per heavy atom. The van der Waals surface area contributed by atoms with Crippen LogP contribution in [0.15, 0.2) is 12.1 Å². The molecular formula is C15H20F2O3. The van der Waals surface area contributed by atoms with Crippen LogP contribution in [0.1, 0.15) is 49.9 Å². The fourth-order valence-electron chi connectivity index (χ4n) is 1.72. The zero-order chi connectivity index (χ0) is 15.0. The maximum atomic E-state index is 13.7. The lowest BCUT2D eigenvalue weighted by molar-refractivity contribution is 0.0519. The molecular weight excluding hydrogens is 266 g/mol. The zero-order valence-corrected chi connectivity index (χ0v) is 11.9. The van der Waals surface area contributed by atoms with Crippen LogP contribution >= 0.6 is 0 Å². The number of rotatable bonds is 8. The fraction of sp³-hybridized carbons (Fsp3) is 0.533. The molecule has 112 valence electrons. The van der Waals surface area contributed by atoms with Gasteiger partial charge in [-0.15, -0.1) is 0 Å². The number of carbonyl (C=O) groups is 1. The second-order valence-electron chi connectivity index (χ2n) is 4.37. The molecule has 20 heavy (non-hydrogen) atoms. The van der Waals surface area contributed by atoms with Crippen molar-refractivity contribution in [1.82, 2.24) is 0 Å². The predicted octanol–water partition coefficient (Wildman–Crippen LogP) is 4.10. The van der Waals surface area contributed by atoms with Crippen molar-refractivity contribution in [3.63, 3.8) is 0 Å². The molecule has 0 radical (unpaired) electrons. The number of unbranched alkanes of at least 4 members (excludes halogenated alkanes) is 3. The smallest absolute Gasteiger partial charge is 0.341 e. The molecule has 0 aliphatic rings. The summed E-state index contributed by atoms with van der Waals surface area (Å²) in [6.07, 6.45) is 3.95. The normalized spacial score (nSPS) is 10.4. The van der Waals surface area contributed by atoms with Gasteiger partial charge in [-0.05, 0) is 25.5 Å². The Bertz CT molecular complexity index is 447. The van der Waals surface area contributed by atoms with Crippen LogP contribution in [0.4, 0.5) is 8.78 Å². The van der Waals surface area contributed by atoms with Crippen LogP contribution in [0, 0.1) is 11.6 Å². The van der Waals surface area contributed by atoms with E-state index >= 15 is 0 Å². The van der Waals surface area contributed by atoms with Crippen molar-refractivity contribution in [1.29, 1.82) is 0 Å². The fourth-order valence-corrected chi connectivity index (χ4v) is 1.72. The highest BCUT2D eigenvalue weighted by atomic mass is 19.2. The zero-order valence-electron chi connectivity index (χ0n) is 11.9. The van der Waals surface area contributed by atoms with Gasteiger partial charge < -0.3 is 9.47 Å². The molecule has 1 aromatic rings. The Kier molecular flexibility index (Phi) is 6.98. The Hall–Kier alpha value is -1.65. The van der Waals surface area contributed by atoms with Crippen LogP contribution in [0.5, 0.6) is 5.75 Å². The second kappa shape index (κ2) is 8.51. The lowest BCUT2D eigenvalue weighted by Gasteiger charge is -2.09. The van der Waals surface area contributed by atoms with Gasteiger partial charge in [-0.25, -0.2) is 9.18 Å². The van der Waals surface area contributed by atoms with E-state index in [1.54, 1.807) is 6.92 Å². The average molecular weight is 286 g/mol. The first kappa shape index (κ1) is 16.4. The Morgan fingerprint density at radius 3 is 2.50 bits per heavy atom. The summed E-state index contributed by atoms with van der Waals surface area (Å²) >= 11 is 0. The van der Waals surface area contributed by atoms with Gasteiger partial charge in [-0.1, -0.05) is 26.2 Å². The molecule has 0 unspecified atom stereocenters. The van der Waals surface area contributed by atoms with Crippen LogP contribution in [0.2, 0.25) is 0 Å². The molecule has 0 N–H and O–H groups in total. The van der Waals surface area contributed by atoms with Gasteiger partial charge in [-0.2, -0.15) is 4.39 Å². The van der Waals surface area contributed by atoms with E-state index in [0.717, 1.165) is 25.7 Å². The number of ether oxygens (including phenoxy) is 2. The minimum absolute atomic E-state index is 0.107. The van der Waals surface area contributed by atoms with E-state index in [1.807, 2.05) is 0 Å². The van der Waals surface area contributed by atoms with Crippen LogP contribution in [0.25, 0.3) is 0 Å². The molecule has 0 spiro atoms. The topological polar surface area (TPSA) is 35.5 Å². The van der Waals surface area contributed by atoms with Gasteiger partial charge in [0.2, 0.25) is 5.82 Å². The van der Waals surface area contributed by atoms with Crippen LogP contribution in [-0.2, 0) is 4.74 Å². The number of hydrogen-bond acceptors (Lipinski definition) is 3. The highest BCUT2D eigenvalue weighted by Crippen LogP contribution is 2.23. The molecule has 5 heteroatoms. The number of carbonyl (C=O) groups excluding carboxylic acids is 1. The molecule has 0 heterocycles. The van der Waals surface area contributed by atoms with Crippen molar-refractivity contribution in [2.24, 2.45) is 0 Å². The Morgan fingerprint density at radius 2 is 1.85 bits per heavy atom. The highest BCUT2D eigenvalue weighted by molar-refractivity contribution is 5.89. The van der Waals surface area contributed by atoms with Gasteiger partial charge in [0.15, 0.2) is 11.6 Å². The summed E-state index contributed by atoms with van der Waals surface area (Å²) in [6, 6.07) is 2.43. The maximum absolute atomic E-state index is 13.7. The van der Waals surface area contributed by atoms with Crippen molar-refractivity contribution in [3.05, 3.63) is 29.3 Å². The average Bonchev–Trinajstić information content (AvgIpc) is 2.43. The predicted molar refractivity (Wildman–Crippen MR) is 72.0 cm³/mol. The summed E-state index contributed by atoms with van der Waals surface area (Å²) in [6.45, 7) is 4.12. The molecule has 0 saturated heterocycles. The molecule has 0 saturated carbocycles. The SMILES string of the molecule is CCCCCCOc1ccc(C(=O)OCC)c(F)c1F. The molecule has 1 rings (SSSR count). The van der Waals surface area contributed by atoms with Crippen LogP contribution in [-0.4, -0.2) is 19.2 Å². The third-order valence-corrected chi connectivity index (χ3v) is 2.80. The summed E-state index contributed by atoms with van der Waals surface area (Å²) in [5.74, 6) is -3.43. The van der Waals surface area contributed by atoms with Gasteiger partial charge in [-0.3, -0.25) is 0 Å². The van der Waals surface area contributed by atoms with Crippen LogP contribution < -0.4 is 4.74 Å². The van der Waals surface area contributed by atoms with E-state index in [9.17, 15) is 13.6 Å². The summed E-state index contributed by atoms with van der Waals surface area (Å²) in [4.78, 5) is 11.4. The van der Waals surface area contributed by atoms with E-state index in [-0.39, 0.29) is 12.4 Å². The quantitative estimate of drug-likeness (QED) is 0.533. The number of esters is 1. The highest BCUT2D eigenvalue weighted by Gasteiger charge is 2.20. The van der Waals surface area contributed by atoms with Crippen LogP contribution in [0.3, 0.4) is 0 Å². The van der Waals surface area contributed by atoms with E-state index < -0.39 is 23.2 Å². The lowest BCUT2D eigenvalue weighted by Crippen LogP contribution is -2.10. The van der Waals surface area contributed by atoms with Crippen molar-refractivity contribution in [2.45, 2.75) is 39.5 Å². The molecule has 0 amide bonds. The number of halogens is 2. The van der Waals surface area contributed by atoms with E-state index in [2.05, 4.69) is 11.7 Å². The van der Waals surface area contributed by atoms with Gasteiger partial charge in [0, 0.05) is 0 Å². The van der Waals surface area contributed by atoms with Gasteiger partial charge in [0.25, 0.3) is 0 Å². The summed E-state index contributed by atoms with van der Waals surface area (Å²) in [5, 5.41) is 0. The molecule has 0 bridgehead atoms. The van der Waals surface area contributed by atoms with Crippen molar-refractivity contribution in [2.75, 3.05) is 13.2 Å². The van der Waals surface area contributed by atoms with E-state index in [1.165, 1.54) is 12.1 Å². The van der Waals surface area contributed by atoms with E-state index in [0.29, 0.717) is 6.61 Å². The van der Waals surface area contributed by atoms with E-state index in [4.69, 9.17) is 4.74 Å². The first-order chi connectivity index (χ1) is 9.61. The third-order valence-electron chi connectivity index (χ3n) is 2.80. The first-order valence-corrected chi connectivity index (χ1v) is 6.89. The van der Waals surface area contributed by atoms with Gasteiger partial charge >= 0.3 is 5.97 Å². The molecule has 0 fully saturated rings. The van der Waals surface area contributed by atoms with Crippen molar-refractivity contribution in [3.8, 4) is 5.75 Å². The molecule has 0 aliphatic carbocycles. The van der Waals surface area contributed by atoms with Crippen molar-refractivity contribution < 1.29 is 23.0 Å². The molecule has 3 nitrogen and oxygen atoms in total. The van der Waals surface area contributed by atoms with Gasteiger partial charge in [0.05, 0.1) is 18.8 Å². The van der Waals surface area contributed by atoms with Crippen molar-refractivity contribution >= 4 is 5.97 Å². The molecule has 0 aromatic heterocycles. The monoisotopic (exact) mass is 286 g/mol. The number of benzene rings is 1. The third kappa shape index (κ3) is 4.47. The minimum Gasteiger partial charge on any atom is -0.490 e. The summed E-state index contributed by atoms with van der Waals surface area (Å²) in [7, 11) is 0. The number of hydrogen-bond donors (Lipinski definition) is 0. The molecule has 0 atom stereocenters. The Labute approximate surface area is 117 Å². The standard InChI is InChI=1S/C15H20F2O3/c1-3-5-6-7-10-20-12-9-8-11(13(16)14(12)17)15(18)19-4-2/h8-9H,3-7,10H2,1-2H3. The lowest BCUT2D eigenvalue weighted by atomic mass is 10.2. The first-order valence-electron chi connectivity index (χ1n) is 6.89. The molecule has 0 aliphatic heterocycles. The minimum atomic E-state index is -1.23.